The molecule has 0 fully saturated rings. The molecule has 2 aromatic rings. The van der Waals surface area contributed by atoms with E-state index >= 15 is 0 Å². The third-order valence-electron chi connectivity index (χ3n) is 2.37. The van der Waals surface area contributed by atoms with Crippen molar-refractivity contribution in [3.05, 3.63) is 59.9 Å². The number of halogens is 5. The van der Waals surface area contributed by atoms with Crippen LogP contribution in [-0.2, 0) is 0 Å². The van der Waals surface area contributed by atoms with Gasteiger partial charge in [-0.25, -0.2) is 0 Å². The molecule has 1 N–H and O–H groups in total. The maximum atomic E-state index is 12.2. The van der Waals surface area contributed by atoms with Crippen LogP contribution in [0.25, 0.3) is 0 Å². The van der Waals surface area contributed by atoms with Crippen LogP contribution in [0.3, 0.4) is 0 Å². The Morgan fingerprint density at radius 3 is 1.90 bits per heavy atom. The third kappa shape index (κ3) is 3.89. The van der Waals surface area contributed by atoms with Crippen LogP contribution in [0.4, 0.5) is 5.69 Å². The molecule has 0 saturated heterocycles. The Morgan fingerprint density at radius 1 is 0.900 bits per heavy atom. The number of hydrogen-bond donors (Lipinski definition) is 1. The summed E-state index contributed by atoms with van der Waals surface area (Å²) in [5.41, 5.74) is 0.798. The van der Waals surface area contributed by atoms with Crippen molar-refractivity contribution in [2.24, 2.45) is 0 Å². The molecule has 2 nitrogen and oxygen atoms in total. The lowest BCUT2D eigenvalue weighted by Gasteiger charge is -2.10. The summed E-state index contributed by atoms with van der Waals surface area (Å²) >= 11 is 24.5. The van der Waals surface area contributed by atoms with Gasteiger partial charge in [-0.05, 0) is 30.3 Å². The molecule has 1 amide bonds. The van der Waals surface area contributed by atoms with E-state index in [0.29, 0.717) is 16.3 Å². The van der Waals surface area contributed by atoms with Crippen LogP contribution in [0.1, 0.15) is 10.4 Å². The molecule has 20 heavy (non-hydrogen) atoms. The van der Waals surface area contributed by atoms with Gasteiger partial charge in [0.2, 0.25) is 0 Å². The zero-order valence-electron chi connectivity index (χ0n) is 9.68. The van der Waals surface area contributed by atoms with Crippen LogP contribution >= 0.6 is 66.7 Å². The van der Waals surface area contributed by atoms with Crippen molar-refractivity contribution in [3.63, 3.8) is 0 Å². The molecule has 0 aromatic heterocycles. The van der Waals surface area contributed by atoms with Gasteiger partial charge in [-0.3, -0.25) is 4.79 Å². The highest BCUT2D eigenvalue weighted by Crippen LogP contribution is 2.34. The fourth-order valence-electron chi connectivity index (χ4n) is 1.53. The Morgan fingerprint density at radius 2 is 1.40 bits per heavy atom. The van der Waals surface area contributed by atoms with E-state index in [1.807, 2.05) is 6.07 Å². The molecule has 0 saturated carbocycles. The first-order valence-corrected chi connectivity index (χ1v) is 8.01. The maximum Gasteiger partial charge on any atom is 0.255 e. The molecule has 0 aliphatic rings. The Labute approximate surface area is 147 Å². The van der Waals surface area contributed by atoms with Gasteiger partial charge in [-0.2, -0.15) is 0 Å². The summed E-state index contributed by atoms with van der Waals surface area (Å²) in [4.78, 5) is 12.2. The number of hydrogen-bond acceptors (Lipinski definition) is 1. The van der Waals surface area contributed by atoms with Crippen LogP contribution < -0.4 is 5.32 Å². The van der Waals surface area contributed by atoms with Gasteiger partial charge < -0.3 is 5.32 Å². The summed E-state index contributed by atoms with van der Waals surface area (Å²) in [5.74, 6) is -0.321. The highest BCUT2D eigenvalue weighted by Gasteiger charge is 2.13. The Balaban J connectivity index is 2.32. The van der Waals surface area contributed by atoms with E-state index in [0.717, 1.165) is 8.95 Å². The van der Waals surface area contributed by atoms with Gasteiger partial charge in [-0.1, -0.05) is 66.7 Å². The molecule has 2 rings (SSSR count). The van der Waals surface area contributed by atoms with Crippen molar-refractivity contribution in [3.8, 4) is 0 Å². The molecular weight excluding hydrogens is 452 g/mol. The van der Waals surface area contributed by atoms with E-state index < -0.39 is 0 Å². The van der Waals surface area contributed by atoms with Crippen LogP contribution in [0.5, 0.6) is 0 Å². The second kappa shape index (κ2) is 6.67. The second-order valence-electron chi connectivity index (χ2n) is 3.86. The quantitative estimate of drug-likeness (QED) is 0.553. The minimum Gasteiger partial charge on any atom is -0.319 e. The first-order chi connectivity index (χ1) is 9.36. The summed E-state index contributed by atoms with van der Waals surface area (Å²) in [6, 6.07) is 8.25. The third-order valence-corrected chi connectivity index (χ3v) is 4.10. The Hall–Kier alpha value is -0.260. The SMILES string of the molecule is O=C(Nc1c(Cl)cc(Cl)cc1Cl)c1cc(Br)cc(Br)c1. The highest BCUT2D eigenvalue weighted by molar-refractivity contribution is 9.11. The van der Waals surface area contributed by atoms with Gasteiger partial charge in [-0.15, -0.1) is 0 Å². The van der Waals surface area contributed by atoms with Crippen molar-refractivity contribution >= 4 is 78.3 Å². The number of carbonyl (C=O) groups is 1. The van der Waals surface area contributed by atoms with E-state index in [-0.39, 0.29) is 16.0 Å². The van der Waals surface area contributed by atoms with E-state index in [9.17, 15) is 4.79 Å². The molecular formula is C13H6Br2Cl3NO. The fraction of sp³-hybridized carbons (Fsp3) is 0. The molecule has 0 aliphatic carbocycles. The van der Waals surface area contributed by atoms with Gasteiger partial charge in [0, 0.05) is 19.5 Å². The normalized spacial score (nSPS) is 10.4. The summed E-state index contributed by atoms with van der Waals surface area (Å²) in [6.07, 6.45) is 0. The molecule has 0 atom stereocenters. The zero-order chi connectivity index (χ0) is 14.9. The van der Waals surface area contributed by atoms with Gasteiger partial charge in [0.05, 0.1) is 15.7 Å². The molecule has 0 unspecified atom stereocenters. The van der Waals surface area contributed by atoms with Crippen molar-refractivity contribution in [2.45, 2.75) is 0 Å². The van der Waals surface area contributed by atoms with Crippen LogP contribution in [0, 0.1) is 0 Å². The van der Waals surface area contributed by atoms with Gasteiger partial charge >= 0.3 is 0 Å². The average molecular weight is 458 g/mol. The van der Waals surface area contributed by atoms with Crippen molar-refractivity contribution in [1.29, 1.82) is 0 Å². The second-order valence-corrected chi connectivity index (χ2v) is 6.94. The predicted octanol–water partition coefficient (Wildman–Crippen LogP) is 6.42. The molecule has 7 heteroatoms. The van der Waals surface area contributed by atoms with E-state index in [1.165, 1.54) is 12.1 Å². The topological polar surface area (TPSA) is 29.1 Å². The lowest BCUT2D eigenvalue weighted by molar-refractivity contribution is 0.102. The maximum absolute atomic E-state index is 12.2. The molecule has 2 aromatic carbocycles. The van der Waals surface area contributed by atoms with E-state index in [2.05, 4.69) is 37.2 Å². The predicted molar refractivity (Wildman–Crippen MR) is 91.3 cm³/mol. The van der Waals surface area contributed by atoms with E-state index in [4.69, 9.17) is 34.8 Å². The molecule has 0 bridgehead atoms. The minimum atomic E-state index is -0.321. The Kier molecular flexibility index (Phi) is 5.37. The smallest absolute Gasteiger partial charge is 0.255 e. The lowest BCUT2D eigenvalue weighted by Crippen LogP contribution is -2.12. The minimum absolute atomic E-state index is 0.282. The number of anilines is 1. The van der Waals surface area contributed by atoms with Crippen molar-refractivity contribution < 1.29 is 4.79 Å². The molecule has 0 heterocycles. The lowest BCUT2D eigenvalue weighted by atomic mass is 10.2. The first kappa shape index (κ1) is 16.1. The monoisotopic (exact) mass is 455 g/mol. The zero-order valence-corrected chi connectivity index (χ0v) is 15.1. The number of benzene rings is 2. The summed E-state index contributed by atoms with van der Waals surface area (Å²) < 4.78 is 1.57. The Bertz CT molecular complexity index is 648. The molecule has 0 radical (unpaired) electrons. The number of nitrogens with one attached hydrogen (secondary N) is 1. The standard InChI is InChI=1S/C13H6Br2Cl3NO/c14-7-1-6(2-8(15)3-7)13(20)19-12-10(17)4-9(16)5-11(12)18/h1-5H,(H,19,20). The summed E-state index contributed by atoms with van der Waals surface area (Å²) in [5, 5.41) is 3.64. The largest absolute Gasteiger partial charge is 0.319 e. The van der Waals surface area contributed by atoms with Gasteiger partial charge in [0.1, 0.15) is 0 Å². The molecule has 104 valence electrons. The number of rotatable bonds is 2. The summed E-state index contributed by atoms with van der Waals surface area (Å²) in [7, 11) is 0. The molecule has 0 spiro atoms. The summed E-state index contributed by atoms with van der Waals surface area (Å²) in [6.45, 7) is 0. The first-order valence-electron chi connectivity index (χ1n) is 5.29. The number of amides is 1. The fourth-order valence-corrected chi connectivity index (χ4v) is 3.74. The number of carbonyl (C=O) groups excluding carboxylic acids is 1. The van der Waals surface area contributed by atoms with Crippen molar-refractivity contribution in [1.82, 2.24) is 0 Å². The van der Waals surface area contributed by atoms with E-state index in [1.54, 1.807) is 12.1 Å². The average Bonchev–Trinajstić information content (AvgIpc) is 2.32. The van der Waals surface area contributed by atoms with Crippen LogP contribution in [-0.4, -0.2) is 5.91 Å². The van der Waals surface area contributed by atoms with Crippen LogP contribution in [0.2, 0.25) is 15.1 Å². The van der Waals surface area contributed by atoms with Gasteiger partial charge in [0.25, 0.3) is 5.91 Å². The van der Waals surface area contributed by atoms with Crippen molar-refractivity contribution in [2.75, 3.05) is 5.32 Å². The molecule has 0 aliphatic heterocycles. The van der Waals surface area contributed by atoms with Gasteiger partial charge in [0.15, 0.2) is 0 Å². The van der Waals surface area contributed by atoms with Crippen LogP contribution in [0.15, 0.2) is 39.3 Å². The highest BCUT2D eigenvalue weighted by atomic mass is 79.9.